The van der Waals surface area contributed by atoms with Crippen molar-refractivity contribution in [3.63, 3.8) is 0 Å². The van der Waals surface area contributed by atoms with Gasteiger partial charge in [-0.1, -0.05) is 12.1 Å². The van der Waals surface area contributed by atoms with Crippen LogP contribution in [0.4, 0.5) is 0 Å². The number of rotatable bonds is 4. The Kier molecular flexibility index (Phi) is 4.11. The first-order valence-corrected chi connectivity index (χ1v) is 8.19. The van der Waals surface area contributed by atoms with Crippen molar-refractivity contribution < 1.29 is 14.6 Å². The second-order valence-corrected chi connectivity index (χ2v) is 6.27. The summed E-state index contributed by atoms with van der Waals surface area (Å²) in [6, 6.07) is 6.41. The number of hydrogen-bond donors (Lipinski definition) is 1. The van der Waals surface area contributed by atoms with E-state index >= 15 is 0 Å². The molecular formula is C17H16N2O4S. The summed E-state index contributed by atoms with van der Waals surface area (Å²) >= 11 is 1.37. The molecule has 2 aromatic heterocycles. The highest BCUT2D eigenvalue weighted by molar-refractivity contribution is 7.17. The van der Waals surface area contributed by atoms with Crippen LogP contribution in [0.5, 0.6) is 5.75 Å². The van der Waals surface area contributed by atoms with Crippen LogP contribution in [0.1, 0.15) is 18.8 Å². The molecule has 0 aliphatic rings. The van der Waals surface area contributed by atoms with Gasteiger partial charge in [0.1, 0.15) is 22.4 Å². The Hall–Kier alpha value is -2.67. The molecule has 7 heteroatoms. The molecule has 1 unspecified atom stereocenters. The van der Waals surface area contributed by atoms with Gasteiger partial charge in [-0.2, -0.15) is 0 Å². The number of benzene rings is 1. The SMILES string of the molecule is COc1cccc(-c2csc3nc(C)n(C(C)C(=O)O)c(=O)c23)c1. The Morgan fingerprint density at radius 2 is 2.17 bits per heavy atom. The van der Waals surface area contributed by atoms with E-state index in [1.807, 2.05) is 29.6 Å². The molecule has 124 valence electrons. The van der Waals surface area contributed by atoms with Crippen LogP contribution in [0.3, 0.4) is 0 Å². The lowest BCUT2D eigenvalue weighted by Gasteiger charge is -2.14. The molecule has 1 aromatic carbocycles. The summed E-state index contributed by atoms with van der Waals surface area (Å²) < 4.78 is 6.46. The Labute approximate surface area is 142 Å². The molecule has 0 aliphatic heterocycles. The summed E-state index contributed by atoms with van der Waals surface area (Å²) in [5, 5.41) is 11.6. The van der Waals surface area contributed by atoms with Crippen molar-refractivity contribution in [2.45, 2.75) is 19.9 Å². The Morgan fingerprint density at radius 3 is 2.83 bits per heavy atom. The van der Waals surface area contributed by atoms with Crippen LogP contribution in [0.2, 0.25) is 0 Å². The number of nitrogens with zero attached hydrogens (tertiary/aromatic N) is 2. The Balaban J connectivity index is 2.30. The molecule has 0 spiro atoms. The number of hydrogen-bond acceptors (Lipinski definition) is 5. The van der Waals surface area contributed by atoms with E-state index in [1.54, 1.807) is 14.0 Å². The minimum absolute atomic E-state index is 0.341. The third-order valence-corrected chi connectivity index (χ3v) is 4.81. The van der Waals surface area contributed by atoms with Gasteiger partial charge >= 0.3 is 5.97 Å². The predicted octanol–water partition coefficient (Wildman–Crippen LogP) is 3.09. The predicted molar refractivity (Wildman–Crippen MR) is 93.0 cm³/mol. The van der Waals surface area contributed by atoms with E-state index in [0.29, 0.717) is 21.8 Å². The number of aromatic nitrogens is 2. The number of carbonyl (C=O) groups is 1. The number of thiophene rings is 1. The average Bonchev–Trinajstić information content (AvgIpc) is 2.98. The molecule has 1 atom stereocenters. The molecule has 0 fully saturated rings. The maximum absolute atomic E-state index is 12.9. The van der Waals surface area contributed by atoms with Crippen LogP contribution in [0.25, 0.3) is 21.3 Å². The van der Waals surface area contributed by atoms with Gasteiger partial charge in [0.05, 0.1) is 12.5 Å². The summed E-state index contributed by atoms with van der Waals surface area (Å²) in [6.45, 7) is 3.12. The highest BCUT2D eigenvalue weighted by Crippen LogP contribution is 2.33. The summed E-state index contributed by atoms with van der Waals surface area (Å²) in [6.07, 6.45) is 0. The van der Waals surface area contributed by atoms with E-state index in [4.69, 9.17) is 4.74 Å². The zero-order chi connectivity index (χ0) is 17.4. The first kappa shape index (κ1) is 16.2. The first-order chi connectivity index (χ1) is 11.4. The van der Waals surface area contributed by atoms with Gasteiger partial charge < -0.3 is 9.84 Å². The molecular weight excluding hydrogens is 328 g/mol. The van der Waals surface area contributed by atoms with Gasteiger partial charge in [-0.3, -0.25) is 9.36 Å². The van der Waals surface area contributed by atoms with Gasteiger partial charge in [0.25, 0.3) is 5.56 Å². The van der Waals surface area contributed by atoms with Gasteiger partial charge in [-0.05, 0) is 31.5 Å². The number of methoxy groups -OCH3 is 1. The van der Waals surface area contributed by atoms with Gasteiger partial charge in [-0.15, -0.1) is 11.3 Å². The van der Waals surface area contributed by atoms with E-state index in [-0.39, 0.29) is 5.56 Å². The summed E-state index contributed by atoms with van der Waals surface area (Å²) in [5.41, 5.74) is 1.22. The number of aryl methyl sites for hydroxylation is 1. The second kappa shape index (κ2) is 6.09. The fourth-order valence-corrected chi connectivity index (χ4v) is 3.66. The maximum atomic E-state index is 12.9. The molecule has 1 N–H and O–H groups in total. The fraction of sp³-hybridized carbons (Fsp3) is 0.235. The minimum Gasteiger partial charge on any atom is -0.497 e. The van der Waals surface area contributed by atoms with Crippen molar-refractivity contribution in [1.82, 2.24) is 9.55 Å². The molecule has 0 saturated carbocycles. The van der Waals surface area contributed by atoms with Crippen molar-refractivity contribution in [2.75, 3.05) is 7.11 Å². The molecule has 0 saturated heterocycles. The Morgan fingerprint density at radius 1 is 1.42 bits per heavy atom. The molecule has 0 amide bonds. The van der Waals surface area contributed by atoms with E-state index < -0.39 is 12.0 Å². The molecule has 3 rings (SSSR count). The normalized spacial score (nSPS) is 12.3. The van der Waals surface area contributed by atoms with Crippen molar-refractivity contribution in [2.24, 2.45) is 0 Å². The van der Waals surface area contributed by atoms with Crippen LogP contribution in [0.15, 0.2) is 34.4 Å². The van der Waals surface area contributed by atoms with Crippen LogP contribution in [-0.4, -0.2) is 27.7 Å². The zero-order valence-corrected chi connectivity index (χ0v) is 14.3. The quantitative estimate of drug-likeness (QED) is 0.786. The van der Waals surface area contributed by atoms with Gasteiger partial charge in [0.2, 0.25) is 0 Å². The Bertz CT molecular complexity index is 990. The van der Waals surface area contributed by atoms with Crippen molar-refractivity contribution >= 4 is 27.5 Å². The average molecular weight is 344 g/mol. The lowest BCUT2D eigenvalue weighted by molar-refractivity contribution is -0.140. The minimum atomic E-state index is -1.07. The number of carboxylic acid groups (broad SMARTS) is 1. The van der Waals surface area contributed by atoms with Crippen LogP contribution >= 0.6 is 11.3 Å². The molecule has 0 bridgehead atoms. The third kappa shape index (κ3) is 2.56. The molecule has 3 aromatic rings. The van der Waals surface area contributed by atoms with Gasteiger partial charge in [-0.25, -0.2) is 9.78 Å². The van der Waals surface area contributed by atoms with Crippen molar-refractivity contribution in [3.05, 3.63) is 45.8 Å². The third-order valence-electron chi connectivity index (χ3n) is 3.94. The summed E-state index contributed by atoms with van der Waals surface area (Å²) in [7, 11) is 1.58. The molecule has 6 nitrogen and oxygen atoms in total. The molecule has 0 aliphatic carbocycles. The first-order valence-electron chi connectivity index (χ1n) is 7.31. The molecule has 24 heavy (non-hydrogen) atoms. The van der Waals surface area contributed by atoms with Gasteiger partial charge in [0.15, 0.2) is 0 Å². The number of carboxylic acids is 1. The van der Waals surface area contributed by atoms with Crippen molar-refractivity contribution in [1.29, 1.82) is 0 Å². The summed E-state index contributed by atoms with van der Waals surface area (Å²) in [5.74, 6) is 0.00658. The largest absolute Gasteiger partial charge is 0.497 e. The number of fused-ring (bicyclic) bond motifs is 1. The highest BCUT2D eigenvalue weighted by atomic mass is 32.1. The summed E-state index contributed by atoms with van der Waals surface area (Å²) in [4.78, 5) is 29.3. The van der Waals surface area contributed by atoms with Crippen LogP contribution < -0.4 is 10.3 Å². The van der Waals surface area contributed by atoms with Crippen LogP contribution in [-0.2, 0) is 4.79 Å². The maximum Gasteiger partial charge on any atom is 0.326 e. The van der Waals surface area contributed by atoms with E-state index in [9.17, 15) is 14.7 Å². The molecule has 0 radical (unpaired) electrons. The monoisotopic (exact) mass is 344 g/mol. The van der Waals surface area contributed by atoms with Crippen molar-refractivity contribution in [3.8, 4) is 16.9 Å². The smallest absolute Gasteiger partial charge is 0.326 e. The lowest BCUT2D eigenvalue weighted by atomic mass is 10.1. The zero-order valence-electron chi connectivity index (χ0n) is 13.4. The topological polar surface area (TPSA) is 81.4 Å². The second-order valence-electron chi connectivity index (χ2n) is 5.41. The fourth-order valence-electron chi connectivity index (χ4n) is 2.67. The lowest BCUT2D eigenvalue weighted by Crippen LogP contribution is -2.30. The van der Waals surface area contributed by atoms with Gasteiger partial charge in [0, 0.05) is 10.9 Å². The standard InChI is InChI=1S/C17H16N2O4S/c1-9(17(21)22)19-10(2)18-15-14(16(19)20)13(8-24-15)11-5-4-6-12(7-11)23-3/h4-9H,1-3H3,(H,21,22). The number of ether oxygens (including phenoxy) is 1. The van der Waals surface area contributed by atoms with E-state index in [1.165, 1.54) is 22.8 Å². The van der Waals surface area contributed by atoms with Crippen LogP contribution in [0, 0.1) is 6.92 Å². The van der Waals surface area contributed by atoms with E-state index in [2.05, 4.69) is 4.98 Å². The van der Waals surface area contributed by atoms with E-state index in [0.717, 1.165) is 11.1 Å². The molecule has 2 heterocycles. The number of aliphatic carboxylic acids is 1. The highest BCUT2D eigenvalue weighted by Gasteiger charge is 2.22.